The molecule has 0 bridgehead atoms. The highest BCUT2D eigenvalue weighted by atomic mass is 16.5. The first kappa shape index (κ1) is 12.9. The van der Waals surface area contributed by atoms with E-state index in [1.54, 1.807) is 0 Å². The molecule has 1 fully saturated rings. The van der Waals surface area contributed by atoms with E-state index >= 15 is 0 Å². The Hall–Kier alpha value is -0.160. The fourth-order valence-corrected chi connectivity index (χ4v) is 1.83. The van der Waals surface area contributed by atoms with Crippen molar-refractivity contribution in [3.8, 4) is 0 Å². The van der Waals surface area contributed by atoms with Crippen LogP contribution in [0.2, 0.25) is 0 Å². The highest BCUT2D eigenvalue weighted by Crippen LogP contribution is 1.99. The van der Waals surface area contributed by atoms with Crippen molar-refractivity contribution in [2.45, 2.75) is 12.5 Å². The minimum Gasteiger partial charge on any atom is -0.374 e. The predicted octanol–water partition coefficient (Wildman–Crippen LogP) is -0.142. The van der Waals surface area contributed by atoms with E-state index in [0.29, 0.717) is 6.10 Å². The molecular formula is C11H25N3O. The number of hydrogen-bond donors (Lipinski definition) is 1. The van der Waals surface area contributed by atoms with Gasteiger partial charge in [-0.15, -0.1) is 0 Å². The molecule has 90 valence electrons. The lowest BCUT2D eigenvalue weighted by atomic mass is 10.2. The first-order valence-corrected chi connectivity index (χ1v) is 5.84. The molecule has 0 radical (unpaired) electrons. The molecule has 1 aliphatic heterocycles. The summed E-state index contributed by atoms with van der Waals surface area (Å²) < 4.78 is 5.66. The van der Waals surface area contributed by atoms with Gasteiger partial charge in [-0.05, 0) is 40.7 Å². The third-order valence-electron chi connectivity index (χ3n) is 2.66. The molecule has 0 aromatic heterocycles. The third-order valence-corrected chi connectivity index (χ3v) is 2.66. The molecule has 0 aromatic carbocycles. The lowest BCUT2D eigenvalue weighted by Crippen LogP contribution is -2.44. The molecule has 1 unspecified atom stereocenters. The number of nitrogens with one attached hydrogen (secondary N) is 1. The lowest BCUT2D eigenvalue weighted by molar-refractivity contribution is 0.00975. The maximum Gasteiger partial charge on any atom is 0.0826 e. The van der Waals surface area contributed by atoms with Gasteiger partial charge in [0.1, 0.15) is 0 Å². The van der Waals surface area contributed by atoms with Gasteiger partial charge in [-0.25, -0.2) is 0 Å². The van der Waals surface area contributed by atoms with Crippen molar-refractivity contribution in [2.75, 3.05) is 60.5 Å². The van der Waals surface area contributed by atoms with E-state index in [9.17, 15) is 0 Å². The lowest BCUT2D eigenvalue weighted by Gasteiger charge is -2.28. The van der Waals surface area contributed by atoms with E-state index < -0.39 is 0 Å². The van der Waals surface area contributed by atoms with Crippen molar-refractivity contribution >= 4 is 0 Å². The van der Waals surface area contributed by atoms with Crippen LogP contribution in [0.4, 0.5) is 0 Å². The third kappa shape index (κ3) is 6.10. The van der Waals surface area contributed by atoms with Gasteiger partial charge in [0.05, 0.1) is 12.7 Å². The normalized spacial score (nSPS) is 22.6. The number of hydrogen-bond acceptors (Lipinski definition) is 4. The first-order valence-electron chi connectivity index (χ1n) is 5.84. The van der Waals surface area contributed by atoms with Crippen molar-refractivity contribution in [2.24, 2.45) is 0 Å². The van der Waals surface area contributed by atoms with Crippen LogP contribution < -0.4 is 5.32 Å². The van der Waals surface area contributed by atoms with Gasteiger partial charge in [-0.3, -0.25) is 0 Å². The molecule has 0 aliphatic carbocycles. The summed E-state index contributed by atoms with van der Waals surface area (Å²) in [5.41, 5.74) is 0. The Labute approximate surface area is 93.6 Å². The van der Waals surface area contributed by atoms with Crippen LogP contribution in [0.25, 0.3) is 0 Å². The van der Waals surface area contributed by atoms with E-state index in [-0.39, 0.29) is 0 Å². The molecule has 1 saturated heterocycles. The van der Waals surface area contributed by atoms with Gasteiger partial charge in [0, 0.05) is 19.6 Å². The Morgan fingerprint density at radius 3 is 2.67 bits per heavy atom. The van der Waals surface area contributed by atoms with Gasteiger partial charge < -0.3 is 19.9 Å². The average Bonchev–Trinajstić information content (AvgIpc) is 2.18. The van der Waals surface area contributed by atoms with Gasteiger partial charge >= 0.3 is 0 Å². The van der Waals surface area contributed by atoms with Crippen molar-refractivity contribution < 1.29 is 4.74 Å². The van der Waals surface area contributed by atoms with E-state index in [4.69, 9.17) is 4.74 Å². The molecular weight excluding hydrogens is 190 g/mol. The summed E-state index contributed by atoms with van der Waals surface area (Å²) in [6, 6.07) is 0. The highest BCUT2D eigenvalue weighted by molar-refractivity contribution is 4.70. The number of ether oxygens (including phenoxy) is 1. The van der Waals surface area contributed by atoms with E-state index in [1.807, 2.05) is 0 Å². The van der Waals surface area contributed by atoms with E-state index in [2.05, 4.69) is 36.3 Å². The maximum absolute atomic E-state index is 5.66. The zero-order valence-corrected chi connectivity index (χ0v) is 10.3. The Morgan fingerprint density at radius 1 is 1.27 bits per heavy atom. The molecule has 1 atom stereocenters. The number of nitrogens with zero attached hydrogens (tertiary/aromatic N) is 2. The molecule has 0 saturated carbocycles. The van der Waals surface area contributed by atoms with Crippen molar-refractivity contribution in [1.29, 1.82) is 0 Å². The quantitative estimate of drug-likeness (QED) is 0.667. The van der Waals surface area contributed by atoms with Gasteiger partial charge in [0.2, 0.25) is 0 Å². The zero-order valence-electron chi connectivity index (χ0n) is 10.3. The second-order valence-corrected chi connectivity index (χ2v) is 4.62. The first-order chi connectivity index (χ1) is 7.18. The van der Waals surface area contributed by atoms with Gasteiger partial charge in [-0.1, -0.05) is 0 Å². The molecule has 0 amide bonds. The summed E-state index contributed by atoms with van der Waals surface area (Å²) in [5.74, 6) is 0. The summed E-state index contributed by atoms with van der Waals surface area (Å²) in [6.45, 7) is 6.21. The van der Waals surface area contributed by atoms with Crippen LogP contribution >= 0.6 is 0 Å². The second-order valence-electron chi connectivity index (χ2n) is 4.62. The summed E-state index contributed by atoms with van der Waals surface area (Å²) in [5, 5.41) is 3.35. The van der Waals surface area contributed by atoms with Gasteiger partial charge in [-0.2, -0.15) is 0 Å². The smallest absolute Gasteiger partial charge is 0.0826 e. The van der Waals surface area contributed by atoms with Crippen LogP contribution in [0.15, 0.2) is 0 Å². The topological polar surface area (TPSA) is 27.7 Å². The van der Waals surface area contributed by atoms with Crippen molar-refractivity contribution in [1.82, 2.24) is 15.1 Å². The minimum absolute atomic E-state index is 0.378. The fraction of sp³-hybridized carbons (Fsp3) is 1.00. The van der Waals surface area contributed by atoms with Crippen LogP contribution in [-0.2, 0) is 4.74 Å². The number of likely N-dealkylation sites (N-methyl/N-ethyl adjacent to an activating group) is 1. The van der Waals surface area contributed by atoms with Crippen LogP contribution in [0, 0.1) is 0 Å². The van der Waals surface area contributed by atoms with Crippen LogP contribution in [0.5, 0.6) is 0 Å². The van der Waals surface area contributed by atoms with Gasteiger partial charge in [0.25, 0.3) is 0 Å². The Kier molecular flexibility index (Phi) is 6.17. The largest absolute Gasteiger partial charge is 0.374 e. The SMILES string of the molecule is CN(C)CCCN(C)CC1CNCCO1. The maximum atomic E-state index is 5.66. The fourth-order valence-electron chi connectivity index (χ4n) is 1.83. The second kappa shape index (κ2) is 7.17. The Bertz CT molecular complexity index is 158. The molecule has 0 spiro atoms. The monoisotopic (exact) mass is 215 g/mol. The molecule has 1 N–H and O–H groups in total. The molecule has 0 aromatic rings. The van der Waals surface area contributed by atoms with Gasteiger partial charge in [0.15, 0.2) is 0 Å². The standard InChI is InChI=1S/C11H25N3O/c1-13(2)6-4-7-14(3)10-11-9-12-5-8-15-11/h11-12H,4-10H2,1-3H3. The molecule has 4 heteroatoms. The Morgan fingerprint density at radius 2 is 2.07 bits per heavy atom. The molecule has 1 heterocycles. The van der Waals surface area contributed by atoms with Crippen molar-refractivity contribution in [3.05, 3.63) is 0 Å². The number of morpholine rings is 1. The van der Waals surface area contributed by atoms with Crippen LogP contribution in [-0.4, -0.2) is 76.4 Å². The highest BCUT2D eigenvalue weighted by Gasteiger charge is 2.14. The van der Waals surface area contributed by atoms with Crippen LogP contribution in [0.3, 0.4) is 0 Å². The molecule has 4 nitrogen and oxygen atoms in total. The predicted molar refractivity (Wildman–Crippen MR) is 63.3 cm³/mol. The summed E-state index contributed by atoms with van der Waals surface area (Å²) in [6.07, 6.45) is 1.60. The van der Waals surface area contributed by atoms with E-state index in [0.717, 1.165) is 39.3 Å². The zero-order chi connectivity index (χ0) is 11.1. The van der Waals surface area contributed by atoms with Crippen molar-refractivity contribution in [3.63, 3.8) is 0 Å². The molecule has 15 heavy (non-hydrogen) atoms. The summed E-state index contributed by atoms with van der Waals surface area (Å²) in [7, 11) is 6.41. The van der Waals surface area contributed by atoms with E-state index in [1.165, 1.54) is 6.42 Å². The molecule has 1 aliphatic rings. The average molecular weight is 215 g/mol. The summed E-state index contributed by atoms with van der Waals surface area (Å²) in [4.78, 5) is 4.59. The molecule has 1 rings (SSSR count). The number of rotatable bonds is 6. The minimum atomic E-state index is 0.378. The summed E-state index contributed by atoms with van der Waals surface area (Å²) >= 11 is 0. The Balaban J connectivity index is 2.03. The van der Waals surface area contributed by atoms with Crippen LogP contribution in [0.1, 0.15) is 6.42 Å².